The molecule has 3 aromatic rings. The maximum Gasteiger partial charge on any atom is 0.316 e. The number of carbonyl (C=O) groups excluding carboxylic acids is 2. The van der Waals surface area contributed by atoms with E-state index >= 15 is 0 Å². The molecule has 0 aliphatic rings. The Morgan fingerprint density at radius 1 is 1.03 bits per heavy atom. The fraction of sp³-hybridized carbons (Fsp3) is 0.238. The smallest absolute Gasteiger partial charge is 0.316 e. The van der Waals surface area contributed by atoms with Crippen LogP contribution < -0.4 is 15.4 Å². The molecule has 29 heavy (non-hydrogen) atoms. The van der Waals surface area contributed by atoms with Crippen molar-refractivity contribution in [1.29, 1.82) is 0 Å². The van der Waals surface area contributed by atoms with Crippen molar-refractivity contribution in [2.75, 3.05) is 19.7 Å². The van der Waals surface area contributed by atoms with Gasteiger partial charge in [0.25, 0.3) is 5.91 Å². The van der Waals surface area contributed by atoms with Gasteiger partial charge in [0, 0.05) is 18.7 Å². The first-order valence-electron chi connectivity index (χ1n) is 9.17. The third kappa shape index (κ3) is 5.65. The molecule has 0 atom stereocenters. The molecule has 3 rings (SSSR count). The van der Waals surface area contributed by atoms with Crippen LogP contribution in [0, 0.1) is 13.8 Å². The minimum atomic E-state index is -0.500. The zero-order valence-electron chi connectivity index (χ0n) is 16.3. The van der Waals surface area contributed by atoms with E-state index in [1.54, 1.807) is 0 Å². The quantitative estimate of drug-likeness (QED) is 0.568. The molecular formula is C21H22N4O4. The molecule has 1 heterocycles. The Bertz CT molecular complexity index is 985. The van der Waals surface area contributed by atoms with Crippen LogP contribution in [0.3, 0.4) is 0 Å². The predicted molar refractivity (Wildman–Crippen MR) is 106 cm³/mol. The first-order valence-corrected chi connectivity index (χ1v) is 9.17. The Morgan fingerprint density at radius 3 is 2.55 bits per heavy atom. The minimum absolute atomic E-state index is 0.0953. The van der Waals surface area contributed by atoms with Gasteiger partial charge in [0.05, 0.1) is 0 Å². The summed E-state index contributed by atoms with van der Waals surface area (Å²) in [6.45, 7) is 4.30. The maximum absolute atomic E-state index is 12.1. The number of carbonyl (C=O) groups is 2. The number of amides is 2. The van der Waals surface area contributed by atoms with E-state index in [1.165, 1.54) is 0 Å². The molecule has 2 N–H and O–H groups in total. The Kier molecular flexibility index (Phi) is 6.57. The van der Waals surface area contributed by atoms with Crippen molar-refractivity contribution in [2.24, 2.45) is 0 Å². The highest BCUT2D eigenvalue weighted by Gasteiger charge is 2.15. The van der Waals surface area contributed by atoms with E-state index in [0.29, 0.717) is 11.6 Å². The van der Waals surface area contributed by atoms with E-state index in [0.717, 1.165) is 16.7 Å². The van der Waals surface area contributed by atoms with Gasteiger partial charge in [0.2, 0.25) is 5.82 Å². The highest BCUT2D eigenvalue weighted by atomic mass is 16.5. The van der Waals surface area contributed by atoms with Crippen LogP contribution in [-0.4, -0.2) is 41.7 Å². The minimum Gasteiger partial charge on any atom is -0.484 e. The Balaban J connectivity index is 1.38. The van der Waals surface area contributed by atoms with Gasteiger partial charge in [-0.3, -0.25) is 9.59 Å². The van der Waals surface area contributed by atoms with Crippen molar-refractivity contribution >= 4 is 11.8 Å². The fourth-order valence-corrected chi connectivity index (χ4v) is 2.63. The predicted octanol–water partition coefficient (Wildman–Crippen LogP) is 2.28. The van der Waals surface area contributed by atoms with Gasteiger partial charge in [-0.05, 0) is 25.5 Å². The summed E-state index contributed by atoms with van der Waals surface area (Å²) in [6, 6.07) is 15.0. The van der Waals surface area contributed by atoms with Gasteiger partial charge < -0.3 is 19.9 Å². The van der Waals surface area contributed by atoms with E-state index in [-0.39, 0.29) is 31.5 Å². The molecule has 8 heteroatoms. The molecule has 0 saturated heterocycles. The third-order valence-electron chi connectivity index (χ3n) is 4.07. The number of nitrogens with zero attached hydrogens (tertiary/aromatic N) is 2. The van der Waals surface area contributed by atoms with Crippen molar-refractivity contribution in [1.82, 2.24) is 20.8 Å². The number of ether oxygens (including phenoxy) is 1. The zero-order valence-corrected chi connectivity index (χ0v) is 16.3. The van der Waals surface area contributed by atoms with Crippen LogP contribution in [0.4, 0.5) is 0 Å². The van der Waals surface area contributed by atoms with Crippen LogP contribution in [0.25, 0.3) is 11.4 Å². The van der Waals surface area contributed by atoms with E-state index in [1.807, 2.05) is 62.4 Å². The van der Waals surface area contributed by atoms with E-state index < -0.39 is 5.91 Å². The Hall–Kier alpha value is -3.68. The molecule has 0 aliphatic carbocycles. The summed E-state index contributed by atoms with van der Waals surface area (Å²) < 4.78 is 10.5. The van der Waals surface area contributed by atoms with Crippen LogP contribution in [0.5, 0.6) is 5.75 Å². The Morgan fingerprint density at radius 2 is 1.79 bits per heavy atom. The Labute approximate surface area is 168 Å². The van der Waals surface area contributed by atoms with E-state index in [9.17, 15) is 9.59 Å². The molecule has 0 radical (unpaired) electrons. The summed E-state index contributed by atoms with van der Waals surface area (Å²) in [6.07, 6.45) is 0. The van der Waals surface area contributed by atoms with E-state index in [4.69, 9.17) is 9.26 Å². The second-order valence-electron chi connectivity index (χ2n) is 6.45. The molecular weight excluding hydrogens is 372 g/mol. The highest BCUT2D eigenvalue weighted by Crippen LogP contribution is 2.18. The van der Waals surface area contributed by atoms with Gasteiger partial charge in [-0.25, -0.2) is 0 Å². The number of rotatable bonds is 8. The number of aryl methyl sites for hydroxylation is 2. The molecule has 0 fully saturated rings. The molecule has 0 unspecified atom stereocenters. The molecule has 0 aliphatic heterocycles. The normalized spacial score (nSPS) is 10.4. The number of nitrogens with one attached hydrogen (secondary N) is 2. The molecule has 0 bridgehead atoms. The summed E-state index contributed by atoms with van der Waals surface area (Å²) in [5.41, 5.74) is 2.86. The van der Waals surface area contributed by atoms with E-state index in [2.05, 4.69) is 20.8 Å². The van der Waals surface area contributed by atoms with Crippen molar-refractivity contribution < 1.29 is 18.8 Å². The SMILES string of the molecule is Cc1ccc(OCC(=O)NCCNC(=O)c2nc(-c3ccccc3)no2)c(C)c1. The highest BCUT2D eigenvalue weighted by molar-refractivity contribution is 5.89. The lowest BCUT2D eigenvalue weighted by atomic mass is 10.1. The summed E-state index contributed by atoms with van der Waals surface area (Å²) in [5, 5.41) is 9.09. The van der Waals surface area contributed by atoms with Crippen LogP contribution in [0.15, 0.2) is 53.1 Å². The summed E-state index contributed by atoms with van der Waals surface area (Å²) in [4.78, 5) is 28.0. The van der Waals surface area contributed by atoms with Gasteiger partial charge in [-0.15, -0.1) is 0 Å². The van der Waals surface area contributed by atoms with Gasteiger partial charge in [-0.2, -0.15) is 4.98 Å². The topological polar surface area (TPSA) is 106 Å². The van der Waals surface area contributed by atoms with Crippen molar-refractivity contribution in [3.8, 4) is 17.1 Å². The molecule has 0 spiro atoms. The number of aromatic nitrogens is 2. The first kappa shape index (κ1) is 20.1. The second-order valence-corrected chi connectivity index (χ2v) is 6.45. The van der Waals surface area contributed by atoms with Crippen molar-refractivity contribution in [3.05, 3.63) is 65.5 Å². The third-order valence-corrected chi connectivity index (χ3v) is 4.07. The molecule has 8 nitrogen and oxygen atoms in total. The summed E-state index contributed by atoms with van der Waals surface area (Å²) in [5.74, 6) is 0.106. The van der Waals surface area contributed by atoms with Crippen LogP contribution >= 0.6 is 0 Å². The van der Waals surface area contributed by atoms with Crippen LogP contribution in [0.1, 0.15) is 21.8 Å². The summed E-state index contributed by atoms with van der Waals surface area (Å²) in [7, 11) is 0. The van der Waals surface area contributed by atoms with Gasteiger partial charge in [0.1, 0.15) is 5.75 Å². The lowest BCUT2D eigenvalue weighted by Crippen LogP contribution is -2.36. The van der Waals surface area contributed by atoms with Gasteiger partial charge in [0.15, 0.2) is 6.61 Å². The first-order chi connectivity index (χ1) is 14.0. The lowest BCUT2D eigenvalue weighted by molar-refractivity contribution is -0.123. The largest absolute Gasteiger partial charge is 0.484 e. The van der Waals surface area contributed by atoms with Crippen molar-refractivity contribution in [2.45, 2.75) is 13.8 Å². The molecule has 2 amide bonds. The second kappa shape index (κ2) is 9.50. The number of hydrogen-bond acceptors (Lipinski definition) is 6. The average Bonchev–Trinajstić information content (AvgIpc) is 3.21. The summed E-state index contributed by atoms with van der Waals surface area (Å²) >= 11 is 0. The monoisotopic (exact) mass is 394 g/mol. The lowest BCUT2D eigenvalue weighted by Gasteiger charge is -2.10. The molecule has 1 aromatic heterocycles. The maximum atomic E-state index is 12.1. The van der Waals surface area contributed by atoms with Gasteiger partial charge >= 0.3 is 11.8 Å². The van der Waals surface area contributed by atoms with Crippen LogP contribution in [0.2, 0.25) is 0 Å². The number of benzene rings is 2. The average molecular weight is 394 g/mol. The fourth-order valence-electron chi connectivity index (χ4n) is 2.63. The molecule has 2 aromatic carbocycles. The molecule has 150 valence electrons. The zero-order chi connectivity index (χ0) is 20.6. The van der Waals surface area contributed by atoms with Crippen molar-refractivity contribution in [3.63, 3.8) is 0 Å². The number of hydrogen-bond donors (Lipinski definition) is 2. The standard InChI is InChI=1S/C21H22N4O4/c1-14-8-9-17(15(2)12-14)28-13-18(26)22-10-11-23-20(27)21-24-19(25-29-21)16-6-4-3-5-7-16/h3-9,12H,10-11,13H2,1-2H3,(H,22,26)(H,23,27). The molecule has 0 saturated carbocycles. The van der Waals surface area contributed by atoms with Gasteiger partial charge in [-0.1, -0.05) is 53.2 Å². The van der Waals surface area contributed by atoms with Crippen LogP contribution in [-0.2, 0) is 4.79 Å².